The van der Waals surface area contributed by atoms with Gasteiger partial charge in [0.2, 0.25) is 0 Å². The second kappa shape index (κ2) is 8.50. The third-order valence-electron chi connectivity index (χ3n) is 2.85. The Bertz CT molecular complexity index is 534. The Labute approximate surface area is 135 Å². The summed E-state index contributed by atoms with van der Waals surface area (Å²) < 4.78 is 0. The van der Waals surface area contributed by atoms with Gasteiger partial charge in [-0.3, -0.25) is 0 Å². The van der Waals surface area contributed by atoms with Crippen LogP contribution in [0.2, 0.25) is 10.0 Å². The highest BCUT2D eigenvalue weighted by Gasteiger charge is 2.07. The molecular weight excluding hydrogens is 317 g/mol. The number of hydrogen-bond donors (Lipinski definition) is 2. The number of benzene rings is 2. The van der Waals surface area contributed by atoms with E-state index >= 15 is 0 Å². The molecule has 0 aliphatic carbocycles. The van der Waals surface area contributed by atoms with Crippen molar-refractivity contribution in [3.63, 3.8) is 0 Å². The molecule has 2 aromatic rings. The molecule has 0 aliphatic rings. The van der Waals surface area contributed by atoms with Crippen LogP contribution in [0.4, 0.5) is 0 Å². The molecule has 5 heteroatoms. The fourth-order valence-corrected chi connectivity index (χ4v) is 2.28. The molecule has 0 saturated carbocycles. The van der Waals surface area contributed by atoms with E-state index in [1.807, 2.05) is 36.4 Å². The fraction of sp³-hybridized carbons (Fsp3) is 0.200. The van der Waals surface area contributed by atoms with Crippen LogP contribution in [0, 0.1) is 0 Å². The van der Waals surface area contributed by atoms with Gasteiger partial charge in [0, 0.05) is 23.1 Å². The lowest BCUT2D eigenvalue weighted by Crippen LogP contribution is -3.00. The van der Waals surface area contributed by atoms with Crippen LogP contribution in [0.15, 0.2) is 48.5 Å². The molecule has 0 fully saturated rings. The van der Waals surface area contributed by atoms with E-state index in [0.717, 1.165) is 11.1 Å². The average molecular weight is 332 g/mol. The molecule has 1 atom stereocenters. The van der Waals surface area contributed by atoms with Crippen LogP contribution >= 0.6 is 23.2 Å². The van der Waals surface area contributed by atoms with Crippen molar-refractivity contribution in [3.05, 3.63) is 69.7 Å². The maximum absolute atomic E-state index is 10.00. The Hall–Kier alpha value is -0.770. The highest BCUT2D eigenvalue weighted by molar-refractivity contribution is 6.35. The molecule has 2 aromatic carbocycles. The van der Waals surface area contributed by atoms with Gasteiger partial charge in [-0.05, 0) is 23.3 Å². The summed E-state index contributed by atoms with van der Waals surface area (Å²) in [7, 11) is 0. The van der Waals surface area contributed by atoms with E-state index in [1.54, 1.807) is 12.1 Å². The van der Waals surface area contributed by atoms with E-state index in [1.165, 1.54) is 0 Å². The Morgan fingerprint density at radius 3 is 2.40 bits per heavy atom. The second-order valence-corrected chi connectivity index (χ2v) is 5.14. The molecule has 2 N–H and O–H groups in total. The number of halogens is 3. The van der Waals surface area contributed by atoms with E-state index < -0.39 is 6.10 Å². The Kier molecular flexibility index (Phi) is 7.35. The molecule has 2 rings (SSSR count). The van der Waals surface area contributed by atoms with Crippen molar-refractivity contribution in [2.24, 2.45) is 0 Å². The van der Waals surface area contributed by atoms with Crippen molar-refractivity contribution in [3.8, 4) is 0 Å². The number of nitrogens with one attached hydrogen (secondary N) is 1. The van der Waals surface area contributed by atoms with Crippen LogP contribution in [0.5, 0.6) is 0 Å². The highest BCUT2D eigenvalue weighted by atomic mass is 35.5. The highest BCUT2D eigenvalue weighted by Crippen LogP contribution is 2.21. The summed E-state index contributed by atoms with van der Waals surface area (Å²) in [5, 5.41) is 14.4. The van der Waals surface area contributed by atoms with Gasteiger partial charge in [0.1, 0.15) is 0 Å². The van der Waals surface area contributed by atoms with Crippen molar-refractivity contribution >= 4 is 23.2 Å². The third-order valence-corrected chi connectivity index (χ3v) is 3.44. The van der Waals surface area contributed by atoms with Crippen molar-refractivity contribution in [2.75, 3.05) is 6.54 Å². The molecule has 0 heterocycles. The molecule has 108 valence electrons. The van der Waals surface area contributed by atoms with Gasteiger partial charge in [0.15, 0.2) is 0 Å². The van der Waals surface area contributed by atoms with E-state index in [0.29, 0.717) is 23.1 Å². The van der Waals surface area contributed by atoms with E-state index in [9.17, 15) is 5.11 Å². The summed E-state index contributed by atoms with van der Waals surface area (Å²) in [4.78, 5) is 0. The summed E-state index contributed by atoms with van der Waals surface area (Å²) in [6, 6.07) is 15.0. The van der Waals surface area contributed by atoms with Crippen LogP contribution in [-0.4, -0.2) is 11.7 Å². The average Bonchev–Trinajstić information content (AvgIpc) is 2.42. The predicted octanol–water partition coefficient (Wildman–Crippen LogP) is 0.821. The van der Waals surface area contributed by atoms with Crippen LogP contribution < -0.4 is 17.7 Å². The summed E-state index contributed by atoms with van der Waals surface area (Å²) >= 11 is 11.9. The molecule has 1 unspecified atom stereocenters. The number of hydrogen-bond acceptors (Lipinski definition) is 2. The second-order valence-electron chi connectivity index (χ2n) is 4.29. The molecule has 0 amide bonds. The van der Waals surface area contributed by atoms with Crippen LogP contribution in [0.3, 0.4) is 0 Å². The first-order chi connectivity index (χ1) is 9.16. The normalized spacial score (nSPS) is 11.8. The van der Waals surface area contributed by atoms with Gasteiger partial charge in [-0.15, -0.1) is 0 Å². The summed E-state index contributed by atoms with van der Waals surface area (Å²) in [6.45, 7) is 1.07. The smallest absolute Gasteiger partial charge is 0.0914 e. The minimum Gasteiger partial charge on any atom is -1.00 e. The Morgan fingerprint density at radius 2 is 1.75 bits per heavy atom. The van der Waals surface area contributed by atoms with Crippen LogP contribution in [-0.2, 0) is 6.54 Å². The van der Waals surface area contributed by atoms with Gasteiger partial charge in [-0.2, -0.15) is 0 Å². The van der Waals surface area contributed by atoms with Crippen molar-refractivity contribution in [1.82, 2.24) is 5.32 Å². The molecule has 0 bridgehead atoms. The summed E-state index contributed by atoms with van der Waals surface area (Å²) in [5.41, 5.74) is 1.86. The standard InChI is InChI=1S/C15H15Cl2NO.ClH/c16-13-7-6-12(14(17)8-13)9-18-10-15(19)11-4-2-1-3-5-11;/h1-8,15,18-19H,9-10H2;1H/p-1. The van der Waals surface area contributed by atoms with Crippen LogP contribution in [0.25, 0.3) is 0 Å². The van der Waals surface area contributed by atoms with Gasteiger partial charge in [0.05, 0.1) is 6.10 Å². The topological polar surface area (TPSA) is 32.3 Å². The van der Waals surface area contributed by atoms with Gasteiger partial charge < -0.3 is 22.8 Å². The first kappa shape index (κ1) is 17.3. The van der Waals surface area contributed by atoms with Gasteiger partial charge >= 0.3 is 0 Å². The first-order valence-electron chi connectivity index (χ1n) is 6.04. The van der Waals surface area contributed by atoms with Gasteiger partial charge in [0.25, 0.3) is 0 Å². The molecule has 0 saturated heterocycles. The zero-order valence-corrected chi connectivity index (χ0v) is 13.0. The Balaban J connectivity index is 0.00000200. The van der Waals surface area contributed by atoms with E-state index in [4.69, 9.17) is 23.2 Å². The summed E-state index contributed by atoms with van der Waals surface area (Å²) in [6.07, 6.45) is -0.521. The minimum atomic E-state index is -0.521. The maximum atomic E-state index is 10.00. The lowest BCUT2D eigenvalue weighted by molar-refractivity contribution is -0.00000534. The third kappa shape index (κ3) is 4.97. The minimum absolute atomic E-state index is 0. The quantitative estimate of drug-likeness (QED) is 0.850. The van der Waals surface area contributed by atoms with Crippen molar-refractivity contribution in [2.45, 2.75) is 12.6 Å². The van der Waals surface area contributed by atoms with Crippen molar-refractivity contribution in [1.29, 1.82) is 0 Å². The molecule has 0 aromatic heterocycles. The molecule has 0 radical (unpaired) electrons. The van der Waals surface area contributed by atoms with Crippen LogP contribution in [0.1, 0.15) is 17.2 Å². The Morgan fingerprint density at radius 1 is 1.05 bits per heavy atom. The number of aliphatic hydroxyl groups excluding tert-OH is 1. The summed E-state index contributed by atoms with van der Waals surface area (Å²) in [5.74, 6) is 0. The lowest BCUT2D eigenvalue weighted by atomic mass is 10.1. The monoisotopic (exact) mass is 330 g/mol. The zero-order chi connectivity index (χ0) is 13.7. The maximum Gasteiger partial charge on any atom is 0.0914 e. The molecule has 0 spiro atoms. The van der Waals surface area contributed by atoms with Crippen molar-refractivity contribution < 1.29 is 17.5 Å². The fourth-order valence-electron chi connectivity index (χ4n) is 1.80. The number of rotatable bonds is 5. The largest absolute Gasteiger partial charge is 1.00 e. The molecule has 20 heavy (non-hydrogen) atoms. The van der Waals surface area contributed by atoms with E-state index in [2.05, 4.69) is 5.32 Å². The number of aliphatic hydroxyl groups is 1. The molecular formula is C15H15Cl3NO-. The van der Waals surface area contributed by atoms with Gasteiger partial charge in [-0.1, -0.05) is 59.6 Å². The molecule has 2 nitrogen and oxygen atoms in total. The first-order valence-corrected chi connectivity index (χ1v) is 6.80. The van der Waals surface area contributed by atoms with Gasteiger partial charge in [-0.25, -0.2) is 0 Å². The molecule has 0 aliphatic heterocycles. The zero-order valence-electron chi connectivity index (χ0n) is 10.7. The predicted molar refractivity (Wildman–Crippen MR) is 79.6 cm³/mol. The van der Waals surface area contributed by atoms with E-state index in [-0.39, 0.29) is 12.4 Å². The SMILES string of the molecule is OC(CNCc1ccc(Cl)cc1Cl)c1ccccc1.[Cl-]. The lowest BCUT2D eigenvalue weighted by Gasteiger charge is -2.12.